The van der Waals surface area contributed by atoms with Crippen LogP contribution >= 0.6 is 11.3 Å². The van der Waals surface area contributed by atoms with Crippen LogP contribution in [0.2, 0.25) is 0 Å². The topological polar surface area (TPSA) is 7.12 Å². The van der Waals surface area contributed by atoms with Crippen LogP contribution in [0.1, 0.15) is 50.5 Å². The Balaban J connectivity index is 1.38. The Hall–Kier alpha value is -1.19. The van der Waals surface area contributed by atoms with Gasteiger partial charge in [0.05, 0.1) is 0 Å². The van der Waals surface area contributed by atoms with Crippen molar-refractivity contribution in [3.8, 4) is 0 Å². The Morgan fingerprint density at radius 2 is 1.85 bits per heavy atom. The van der Waals surface area contributed by atoms with E-state index >= 15 is 0 Å². The van der Waals surface area contributed by atoms with Gasteiger partial charge in [-0.2, -0.15) is 4.57 Å². The Kier molecular flexibility index (Phi) is 4.62. The van der Waals surface area contributed by atoms with Crippen molar-refractivity contribution in [2.24, 2.45) is 17.8 Å². The van der Waals surface area contributed by atoms with Gasteiger partial charge in [0.1, 0.15) is 11.2 Å². The van der Waals surface area contributed by atoms with E-state index in [1.807, 2.05) is 11.3 Å². The smallest absolute Gasteiger partial charge is 0.262 e. The summed E-state index contributed by atoms with van der Waals surface area (Å²) in [4.78, 5) is 2.85. The van der Waals surface area contributed by atoms with Crippen LogP contribution in [0.4, 0.5) is 0 Å². The van der Waals surface area contributed by atoms with E-state index in [1.54, 1.807) is 0 Å². The van der Waals surface area contributed by atoms with Crippen LogP contribution in [-0.2, 0) is 6.54 Å². The van der Waals surface area contributed by atoms with E-state index in [-0.39, 0.29) is 0 Å². The molecule has 1 aromatic carbocycles. The summed E-state index contributed by atoms with van der Waals surface area (Å²) in [7, 11) is 0. The average Bonchev–Trinajstić information content (AvgIpc) is 3.04. The second-order valence-corrected chi connectivity index (χ2v) is 9.64. The third-order valence-electron chi connectivity index (χ3n) is 7.10. The summed E-state index contributed by atoms with van der Waals surface area (Å²) in [6.45, 7) is 6.06. The lowest BCUT2D eigenvalue weighted by Crippen LogP contribution is -2.55. The van der Waals surface area contributed by atoms with Crippen LogP contribution in [0, 0.1) is 17.8 Å². The Labute approximate surface area is 161 Å². The van der Waals surface area contributed by atoms with Crippen molar-refractivity contribution < 1.29 is 4.57 Å². The predicted molar refractivity (Wildman–Crippen MR) is 110 cm³/mol. The van der Waals surface area contributed by atoms with Crippen molar-refractivity contribution in [3.05, 3.63) is 35.3 Å². The summed E-state index contributed by atoms with van der Waals surface area (Å²) in [5, 5.41) is 1.42. The fourth-order valence-electron chi connectivity index (χ4n) is 6.11. The number of benzene rings is 1. The summed E-state index contributed by atoms with van der Waals surface area (Å²) in [5.74, 6) is 2.70. The highest BCUT2D eigenvalue weighted by Crippen LogP contribution is 2.45. The summed E-state index contributed by atoms with van der Waals surface area (Å²) >= 11 is 1.95. The fraction of sp³-hybridized carbons (Fsp3) is 0.609. The van der Waals surface area contributed by atoms with Crippen molar-refractivity contribution in [2.45, 2.75) is 58.0 Å². The van der Waals surface area contributed by atoms with Crippen molar-refractivity contribution in [3.63, 3.8) is 0 Å². The third kappa shape index (κ3) is 2.93. The zero-order chi connectivity index (χ0) is 17.5. The molecule has 2 aliphatic heterocycles. The number of allylic oxidation sites excluding steroid dienone is 1. The van der Waals surface area contributed by atoms with Crippen LogP contribution in [0.15, 0.2) is 30.3 Å². The van der Waals surface area contributed by atoms with Gasteiger partial charge in [-0.1, -0.05) is 29.5 Å². The molecular weight excluding hydrogens is 336 g/mol. The number of aryl methyl sites for hydroxylation is 1. The highest BCUT2D eigenvalue weighted by molar-refractivity contribution is 7.18. The molecule has 0 radical (unpaired) electrons. The summed E-state index contributed by atoms with van der Waals surface area (Å²) < 4.78 is 3.89. The van der Waals surface area contributed by atoms with Gasteiger partial charge in [-0.25, -0.2) is 0 Å². The summed E-state index contributed by atoms with van der Waals surface area (Å²) in [6, 6.07) is 9.76. The van der Waals surface area contributed by atoms with Gasteiger partial charge in [0, 0.05) is 18.2 Å². The van der Waals surface area contributed by atoms with Gasteiger partial charge in [-0.3, -0.25) is 4.90 Å². The Morgan fingerprint density at radius 1 is 1.12 bits per heavy atom. The minimum Gasteiger partial charge on any atom is -0.300 e. The Bertz CT molecular complexity index is 788. The zero-order valence-electron chi connectivity index (χ0n) is 15.9. The average molecular weight is 368 g/mol. The molecule has 3 heteroatoms. The van der Waals surface area contributed by atoms with Gasteiger partial charge < -0.3 is 0 Å². The molecule has 138 valence electrons. The quantitative estimate of drug-likeness (QED) is 0.683. The van der Waals surface area contributed by atoms with Crippen LogP contribution in [0.25, 0.3) is 16.3 Å². The molecule has 0 N–H and O–H groups in total. The standard InChI is InChI=1S/C23H31N2S/c1-2-25-20-9-3-4-10-21(20)26-22(25)12-11-17-15-18-7-5-13-24-14-6-8-19(16-17)23(18)24/h3-4,9-12,17-19,23H,2,5-8,13-16H2,1H3/q+1. The lowest BCUT2D eigenvalue weighted by atomic mass is 9.65. The number of rotatable bonds is 3. The highest BCUT2D eigenvalue weighted by Gasteiger charge is 2.43. The van der Waals surface area contributed by atoms with E-state index < -0.39 is 0 Å². The SMILES string of the molecule is CC[n+]1c(C=CC2CC3CCCN4CCCC(C2)C34)sc2ccccc21. The minimum absolute atomic E-state index is 0.787. The number of piperidine rings is 2. The summed E-state index contributed by atoms with van der Waals surface area (Å²) in [6.07, 6.45) is 13.7. The lowest BCUT2D eigenvalue weighted by Gasteiger charge is -2.53. The van der Waals surface area contributed by atoms with E-state index in [1.165, 1.54) is 66.8 Å². The maximum Gasteiger partial charge on any atom is 0.262 e. The molecule has 5 rings (SSSR count). The van der Waals surface area contributed by atoms with E-state index in [4.69, 9.17) is 0 Å². The molecule has 3 heterocycles. The molecule has 3 fully saturated rings. The van der Waals surface area contributed by atoms with Crippen molar-refractivity contribution in [1.29, 1.82) is 0 Å². The number of fused-ring (bicyclic) bond motifs is 1. The first kappa shape index (κ1) is 16.9. The maximum absolute atomic E-state index is 2.85. The fourth-order valence-corrected chi connectivity index (χ4v) is 7.25. The number of nitrogens with zero attached hydrogens (tertiary/aromatic N) is 2. The third-order valence-corrected chi connectivity index (χ3v) is 8.23. The number of hydrogen-bond donors (Lipinski definition) is 0. The number of thiazole rings is 1. The van der Waals surface area contributed by atoms with Gasteiger partial charge >= 0.3 is 0 Å². The molecule has 2 nitrogen and oxygen atoms in total. The van der Waals surface area contributed by atoms with E-state index in [0.717, 1.165) is 30.3 Å². The van der Waals surface area contributed by atoms with Gasteiger partial charge in [-0.15, -0.1) is 0 Å². The first-order valence-corrected chi connectivity index (χ1v) is 11.5. The molecule has 0 bridgehead atoms. The predicted octanol–water partition coefficient (Wildman–Crippen LogP) is 5.12. The van der Waals surface area contributed by atoms with Gasteiger partial charge in [0.25, 0.3) is 5.01 Å². The lowest BCUT2D eigenvalue weighted by molar-refractivity contribution is -0.665. The molecule has 1 saturated carbocycles. The van der Waals surface area contributed by atoms with E-state index in [2.05, 4.69) is 52.8 Å². The monoisotopic (exact) mass is 367 g/mol. The van der Waals surface area contributed by atoms with E-state index in [9.17, 15) is 0 Å². The van der Waals surface area contributed by atoms with Gasteiger partial charge in [0.2, 0.25) is 5.52 Å². The second-order valence-electron chi connectivity index (χ2n) is 8.57. The molecule has 2 atom stereocenters. The molecule has 0 spiro atoms. The largest absolute Gasteiger partial charge is 0.300 e. The maximum atomic E-state index is 2.85. The van der Waals surface area contributed by atoms with Crippen LogP contribution in [0.3, 0.4) is 0 Å². The van der Waals surface area contributed by atoms with Crippen molar-refractivity contribution in [1.82, 2.24) is 4.90 Å². The first-order chi connectivity index (χ1) is 12.8. The van der Waals surface area contributed by atoms with Crippen molar-refractivity contribution >= 4 is 27.6 Å². The molecule has 1 aliphatic carbocycles. The molecule has 2 unspecified atom stereocenters. The number of aromatic nitrogens is 1. The molecule has 3 aliphatic rings. The molecule has 2 saturated heterocycles. The zero-order valence-corrected chi connectivity index (χ0v) is 16.8. The molecule has 1 aromatic heterocycles. The van der Waals surface area contributed by atoms with Gasteiger partial charge in [-0.05, 0) is 82.4 Å². The highest BCUT2D eigenvalue weighted by atomic mass is 32.1. The molecular formula is C23H31N2S+. The summed E-state index contributed by atoms with van der Waals surface area (Å²) in [5.41, 5.74) is 1.39. The minimum atomic E-state index is 0.787. The molecule has 0 amide bonds. The number of para-hydroxylation sites is 1. The molecule has 2 aromatic rings. The second kappa shape index (κ2) is 7.09. The first-order valence-electron chi connectivity index (χ1n) is 10.7. The van der Waals surface area contributed by atoms with Crippen LogP contribution in [0.5, 0.6) is 0 Å². The number of hydrogen-bond acceptors (Lipinski definition) is 2. The Morgan fingerprint density at radius 3 is 2.58 bits per heavy atom. The van der Waals surface area contributed by atoms with Crippen LogP contribution < -0.4 is 4.57 Å². The van der Waals surface area contributed by atoms with Crippen molar-refractivity contribution in [2.75, 3.05) is 13.1 Å². The van der Waals surface area contributed by atoms with Gasteiger partial charge in [0.15, 0.2) is 0 Å². The molecule has 26 heavy (non-hydrogen) atoms. The van der Waals surface area contributed by atoms with Crippen LogP contribution in [-0.4, -0.2) is 24.0 Å². The normalized spacial score (nSPS) is 32.2. The van der Waals surface area contributed by atoms with E-state index in [0.29, 0.717) is 0 Å².